The molecule has 0 aliphatic carbocycles. The summed E-state index contributed by atoms with van der Waals surface area (Å²) in [6, 6.07) is 17.5. The van der Waals surface area contributed by atoms with Crippen LogP contribution in [0, 0.1) is 6.92 Å². The number of amides is 1. The van der Waals surface area contributed by atoms with Gasteiger partial charge in [-0.05, 0) is 24.6 Å². The maximum Gasteiger partial charge on any atom is 0.271 e. The minimum atomic E-state index is -0.358. The standard InChI is InChI=1S/C20H18N4OS/c1-13-21-16(12-26-13)20(25)23-18(14-8-4-3-5-9-14)19-22-15-10-6-7-11-17(15)24(19)2/h3-12,18H,1-2H3,(H,23,25)/t18-/m0/s1. The van der Waals surface area contributed by atoms with Gasteiger partial charge in [-0.3, -0.25) is 4.79 Å². The molecule has 4 aromatic rings. The van der Waals surface area contributed by atoms with E-state index in [0.717, 1.165) is 27.4 Å². The third-order valence-corrected chi connectivity index (χ3v) is 5.11. The van der Waals surface area contributed by atoms with Gasteiger partial charge in [-0.25, -0.2) is 9.97 Å². The van der Waals surface area contributed by atoms with E-state index in [-0.39, 0.29) is 11.9 Å². The number of nitrogens with zero attached hydrogens (tertiary/aromatic N) is 3. The van der Waals surface area contributed by atoms with E-state index in [2.05, 4.69) is 10.3 Å². The van der Waals surface area contributed by atoms with Crippen LogP contribution < -0.4 is 5.32 Å². The molecule has 0 radical (unpaired) electrons. The van der Waals surface area contributed by atoms with E-state index in [9.17, 15) is 4.79 Å². The third-order valence-electron chi connectivity index (χ3n) is 4.34. The number of carbonyl (C=O) groups excluding carboxylic acids is 1. The second-order valence-corrected chi connectivity index (χ2v) is 7.15. The van der Waals surface area contributed by atoms with Crippen LogP contribution in [-0.2, 0) is 7.05 Å². The Balaban J connectivity index is 1.78. The largest absolute Gasteiger partial charge is 0.337 e. The van der Waals surface area contributed by atoms with E-state index in [1.54, 1.807) is 5.38 Å². The first-order valence-corrected chi connectivity index (χ1v) is 9.21. The molecule has 0 bridgehead atoms. The van der Waals surface area contributed by atoms with Crippen molar-refractivity contribution < 1.29 is 4.79 Å². The summed E-state index contributed by atoms with van der Waals surface area (Å²) in [7, 11) is 1.97. The molecule has 5 nitrogen and oxygen atoms in total. The molecule has 26 heavy (non-hydrogen) atoms. The van der Waals surface area contributed by atoms with Gasteiger partial charge in [0.15, 0.2) is 0 Å². The lowest BCUT2D eigenvalue weighted by Crippen LogP contribution is -2.31. The second-order valence-electron chi connectivity index (χ2n) is 6.09. The van der Waals surface area contributed by atoms with Crippen LogP contribution in [-0.4, -0.2) is 20.4 Å². The Morgan fingerprint density at radius 1 is 1.08 bits per heavy atom. The Labute approximate surface area is 155 Å². The highest BCUT2D eigenvalue weighted by Gasteiger charge is 2.24. The summed E-state index contributed by atoms with van der Waals surface area (Å²) >= 11 is 1.47. The molecule has 0 aliphatic heterocycles. The average Bonchev–Trinajstić information content (AvgIpc) is 3.24. The topological polar surface area (TPSA) is 59.8 Å². The lowest BCUT2D eigenvalue weighted by molar-refractivity contribution is 0.0936. The number of hydrogen-bond acceptors (Lipinski definition) is 4. The maximum absolute atomic E-state index is 12.7. The fourth-order valence-corrected chi connectivity index (χ4v) is 3.63. The number of rotatable bonds is 4. The van der Waals surface area contributed by atoms with Crippen LogP contribution in [0.4, 0.5) is 0 Å². The van der Waals surface area contributed by atoms with Crippen molar-refractivity contribution >= 4 is 28.3 Å². The lowest BCUT2D eigenvalue weighted by atomic mass is 10.1. The van der Waals surface area contributed by atoms with E-state index >= 15 is 0 Å². The molecule has 2 heterocycles. The van der Waals surface area contributed by atoms with Gasteiger partial charge in [-0.15, -0.1) is 11.3 Å². The van der Waals surface area contributed by atoms with E-state index in [4.69, 9.17) is 4.98 Å². The van der Waals surface area contributed by atoms with Crippen molar-refractivity contribution in [3.05, 3.63) is 82.1 Å². The molecule has 2 aromatic heterocycles. The van der Waals surface area contributed by atoms with E-state index in [0.29, 0.717) is 5.69 Å². The average molecular weight is 362 g/mol. The molecule has 6 heteroatoms. The quantitative estimate of drug-likeness (QED) is 0.600. The molecule has 2 aromatic carbocycles. The Morgan fingerprint density at radius 3 is 2.50 bits per heavy atom. The summed E-state index contributed by atoms with van der Waals surface area (Å²) in [5, 5.41) is 5.75. The summed E-state index contributed by atoms with van der Waals surface area (Å²) in [6.45, 7) is 1.89. The Bertz CT molecular complexity index is 1070. The molecule has 0 unspecified atom stereocenters. The van der Waals surface area contributed by atoms with Crippen LogP contribution in [0.5, 0.6) is 0 Å². The van der Waals surface area contributed by atoms with E-state index < -0.39 is 0 Å². The van der Waals surface area contributed by atoms with Crippen LogP contribution in [0.15, 0.2) is 60.0 Å². The number of para-hydroxylation sites is 2. The van der Waals surface area contributed by atoms with Gasteiger partial charge in [0, 0.05) is 12.4 Å². The van der Waals surface area contributed by atoms with Crippen molar-refractivity contribution in [1.82, 2.24) is 19.9 Å². The highest BCUT2D eigenvalue weighted by molar-refractivity contribution is 7.09. The predicted octanol–water partition coefficient (Wildman–Crippen LogP) is 3.86. The normalized spacial score (nSPS) is 12.2. The van der Waals surface area contributed by atoms with Crippen molar-refractivity contribution in [1.29, 1.82) is 0 Å². The summed E-state index contributed by atoms with van der Waals surface area (Å²) in [5.74, 6) is 0.591. The summed E-state index contributed by atoms with van der Waals surface area (Å²) in [4.78, 5) is 21.8. The van der Waals surface area contributed by atoms with E-state index in [1.165, 1.54) is 11.3 Å². The highest BCUT2D eigenvalue weighted by Crippen LogP contribution is 2.25. The van der Waals surface area contributed by atoms with Gasteiger partial charge >= 0.3 is 0 Å². The molecular formula is C20H18N4OS. The number of thiazole rings is 1. The molecule has 1 atom stereocenters. The van der Waals surface area contributed by atoms with Gasteiger partial charge in [-0.2, -0.15) is 0 Å². The summed E-state index contributed by atoms with van der Waals surface area (Å²) in [6.07, 6.45) is 0. The summed E-state index contributed by atoms with van der Waals surface area (Å²) in [5.41, 5.74) is 3.35. The second kappa shape index (κ2) is 6.72. The van der Waals surface area contributed by atoms with Gasteiger partial charge in [0.1, 0.15) is 17.6 Å². The van der Waals surface area contributed by atoms with Gasteiger partial charge in [-0.1, -0.05) is 42.5 Å². The molecule has 1 amide bonds. The Hall–Kier alpha value is -2.99. The molecule has 0 aliphatic rings. The third kappa shape index (κ3) is 2.99. The van der Waals surface area contributed by atoms with Crippen LogP contribution in [0.25, 0.3) is 11.0 Å². The van der Waals surface area contributed by atoms with Gasteiger partial charge in [0.2, 0.25) is 0 Å². The maximum atomic E-state index is 12.7. The number of carbonyl (C=O) groups is 1. The smallest absolute Gasteiger partial charge is 0.271 e. The minimum absolute atomic E-state index is 0.199. The molecule has 0 saturated heterocycles. The van der Waals surface area contributed by atoms with Crippen LogP contribution in [0.1, 0.15) is 32.9 Å². The fraction of sp³-hybridized carbons (Fsp3) is 0.150. The molecule has 0 fully saturated rings. The van der Waals surface area contributed by atoms with Crippen molar-refractivity contribution in [3.8, 4) is 0 Å². The zero-order valence-electron chi connectivity index (χ0n) is 14.5. The van der Waals surface area contributed by atoms with Crippen molar-refractivity contribution in [2.24, 2.45) is 7.05 Å². The first-order chi connectivity index (χ1) is 12.6. The number of imidazole rings is 1. The lowest BCUT2D eigenvalue weighted by Gasteiger charge is -2.18. The van der Waals surface area contributed by atoms with Crippen LogP contribution in [0.2, 0.25) is 0 Å². The first-order valence-electron chi connectivity index (χ1n) is 8.33. The number of nitrogens with one attached hydrogen (secondary N) is 1. The van der Waals surface area contributed by atoms with Crippen molar-refractivity contribution in [3.63, 3.8) is 0 Å². The SMILES string of the molecule is Cc1nc(C(=O)N[C@@H](c2ccccc2)c2nc3ccccc3n2C)cs1. The minimum Gasteiger partial charge on any atom is -0.337 e. The molecule has 4 rings (SSSR count). The van der Waals surface area contributed by atoms with Gasteiger partial charge < -0.3 is 9.88 Å². The van der Waals surface area contributed by atoms with Crippen molar-refractivity contribution in [2.45, 2.75) is 13.0 Å². The van der Waals surface area contributed by atoms with Gasteiger partial charge in [0.05, 0.1) is 16.0 Å². The predicted molar refractivity (Wildman–Crippen MR) is 103 cm³/mol. The van der Waals surface area contributed by atoms with Crippen LogP contribution >= 0.6 is 11.3 Å². The van der Waals surface area contributed by atoms with E-state index in [1.807, 2.05) is 73.1 Å². The highest BCUT2D eigenvalue weighted by atomic mass is 32.1. The van der Waals surface area contributed by atoms with Crippen LogP contribution in [0.3, 0.4) is 0 Å². The van der Waals surface area contributed by atoms with Crippen molar-refractivity contribution in [2.75, 3.05) is 0 Å². The molecule has 0 saturated carbocycles. The number of benzene rings is 2. The number of hydrogen-bond donors (Lipinski definition) is 1. The number of aromatic nitrogens is 3. The Kier molecular flexibility index (Phi) is 4.26. The monoisotopic (exact) mass is 362 g/mol. The zero-order chi connectivity index (χ0) is 18.1. The number of aryl methyl sites for hydroxylation is 2. The Morgan fingerprint density at radius 2 is 1.81 bits per heavy atom. The molecule has 0 spiro atoms. The first kappa shape index (κ1) is 16.5. The van der Waals surface area contributed by atoms with Gasteiger partial charge in [0.25, 0.3) is 5.91 Å². The molecular weight excluding hydrogens is 344 g/mol. The molecule has 130 valence electrons. The fourth-order valence-electron chi connectivity index (χ4n) is 3.04. The summed E-state index contributed by atoms with van der Waals surface area (Å²) < 4.78 is 2.03. The molecule has 1 N–H and O–H groups in total. The number of fused-ring (bicyclic) bond motifs is 1. The zero-order valence-corrected chi connectivity index (χ0v) is 15.3.